The Morgan fingerprint density at radius 1 is 1.24 bits per heavy atom. The lowest BCUT2D eigenvalue weighted by molar-refractivity contribution is 0.601. The Kier molecular flexibility index (Phi) is 4.94. The zero-order valence-corrected chi connectivity index (χ0v) is 16.3. The Labute approximate surface area is 158 Å². The number of benzene rings is 2. The molecular formula is C16H13Cl2FN2O2S2. The first-order valence-electron chi connectivity index (χ1n) is 7.17. The Bertz CT molecular complexity index is 1070. The van der Waals surface area contributed by atoms with Crippen molar-refractivity contribution in [3.05, 3.63) is 51.8 Å². The SMILES string of the molecule is C[C@@H](Nc1c(F)ccc2nc(S(C)(=O)=O)sc12)c1ccc(Cl)cc1Cl. The standard InChI is InChI=1S/C16H13Cl2FN2O2S2/c1-8(10-4-3-9(17)7-11(10)18)20-14-12(19)5-6-13-15(14)24-16(21-13)25(2,22)23/h3-8,20H,1-2H3/t8-/m1/s1. The summed E-state index contributed by atoms with van der Waals surface area (Å²) in [7, 11) is -3.46. The summed E-state index contributed by atoms with van der Waals surface area (Å²) in [5, 5.41) is 4.04. The highest BCUT2D eigenvalue weighted by atomic mass is 35.5. The smallest absolute Gasteiger partial charge is 0.210 e. The predicted octanol–water partition coefficient (Wildman–Crippen LogP) is 5.32. The number of aromatic nitrogens is 1. The molecule has 25 heavy (non-hydrogen) atoms. The van der Waals surface area contributed by atoms with Crippen molar-refractivity contribution in [3.8, 4) is 0 Å². The van der Waals surface area contributed by atoms with E-state index in [1.807, 2.05) is 6.92 Å². The molecule has 0 radical (unpaired) electrons. The molecule has 0 unspecified atom stereocenters. The third kappa shape index (κ3) is 3.74. The molecule has 0 saturated carbocycles. The van der Waals surface area contributed by atoms with Crippen LogP contribution < -0.4 is 5.32 Å². The molecule has 0 bridgehead atoms. The number of rotatable bonds is 4. The minimum Gasteiger partial charge on any atom is -0.375 e. The molecule has 0 aliphatic rings. The summed E-state index contributed by atoms with van der Waals surface area (Å²) < 4.78 is 38.2. The van der Waals surface area contributed by atoms with Crippen molar-refractivity contribution >= 4 is 60.3 Å². The van der Waals surface area contributed by atoms with Gasteiger partial charge in [0.15, 0.2) is 0 Å². The van der Waals surface area contributed by atoms with E-state index in [0.717, 1.165) is 23.2 Å². The minimum atomic E-state index is -3.46. The average Bonchev–Trinajstić information content (AvgIpc) is 2.94. The second-order valence-corrected chi connectivity index (χ2v) is 9.59. The van der Waals surface area contributed by atoms with Crippen LogP contribution in [-0.2, 0) is 9.84 Å². The number of nitrogens with one attached hydrogen (secondary N) is 1. The highest BCUT2D eigenvalue weighted by molar-refractivity contribution is 7.92. The van der Waals surface area contributed by atoms with Crippen LogP contribution in [0.4, 0.5) is 10.1 Å². The molecule has 9 heteroatoms. The van der Waals surface area contributed by atoms with Crippen LogP contribution in [0, 0.1) is 5.82 Å². The van der Waals surface area contributed by atoms with Crippen LogP contribution >= 0.6 is 34.5 Å². The van der Waals surface area contributed by atoms with E-state index in [4.69, 9.17) is 23.2 Å². The van der Waals surface area contributed by atoms with E-state index < -0.39 is 15.7 Å². The Hall–Kier alpha value is -1.41. The zero-order valence-electron chi connectivity index (χ0n) is 13.2. The third-order valence-corrected chi connectivity index (χ3v) is 6.92. The van der Waals surface area contributed by atoms with Gasteiger partial charge in [-0.25, -0.2) is 17.8 Å². The van der Waals surface area contributed by atoms with Gasteiger partial charge in [-0.1, -0.05) is 29.3 Å². The van der Waals surface area contributed by atoms with Crippen molar-refractivity contribution in [2.45, 2.75) is 17.3 Å². The van der Waals surface area contributed by atoms with Crippen molar-refractivity contribution in [1.29, 1.82) is 0 Å². The maximum atomic E-state index is 14.4. The molecule has 2 aromatic carbocycles. The first-order valence-corrected chi connectivity index (χ1v) is 10.6. The number of halogens is 3. The summed E-state index contributed by atoms with van der Waals surface area (Å²) in [5.41, 5.74) is 1.36. The third-order valence-electron chi connectivity index (χ3n) is 3.59. The van der Waals surface area contributed by atoms with Gasteiger partial charge in [-0.05, 0) is 36.8 Å². The molecule has 0 aliphatic heterocycles. The van der Waals surface area contributed by atoms with E-state index in [1.165, 1.54) is 12.1 Å². The number of fused-ring (bicyclic) bond motifs is 1. The van der Waals surface area contributed by atoms with Gasteiger partial charge in [0.1, 0.15) is 5.82 Å². The van der Waals surface area contributed by atoms with E-state index >= 15 is 0 Å². The Morgan fingerprint density at radius 3 is 2.60 bits per heavy atom. The lowest BCUT2D eigenvalue weighted by atomic mass is 10.1. The highest BCUT2D eigenvalue weighted by Crippen LogP contribution is 2.36. The topological polar surface area (TPSA) is 59.1 Å². The minimum absolute atomic E-state index is 0.0478. The second-order valence-electron chi connectivity index (χ2n) is 5.55. The van der Waals surface area contributed by atoms with Crippen molar-refractivity contribution in [2.75, 3.05) is 11.6 Å². The molecular weight excluding hydrogens is 406 g/mol. The molecule has 0 spiro atoms. The summed E-state index contributed by atoms with van der Waals surface area (Å²) in [6.45, 7) is 1.83. The van der Waals surface area contributed by atoms with E-state index in [0.29, 0.717) is 20.3 Å². The first kappa shape index (κ1) is 18.4. The summed E-state index contributed by atoms with van der Waals surface area (Å²) in [4.78, 5) is 4.08. The van der Waals surface area contributed by atoms with Crippen molar-refractivity contribution < 1.29 is 12.8 Å². The predicted molar refractivity (Wildman–Crippen MR) is 101 cm³/mol. The molecule has 0 aliphatic carbocycles. The molecule has 3 rings (SSSR count). The largest absolute Gasteiger partial charge is 0.375 e. The molecule has 1 N–H and O–H groups in total. The molecule has 4 nitrogen and oxygen atoms in total. The van der Waals surface area contributed by atoms with Crippen LogP contribution in [0.25, 0.3) is 10.2 Å². The van der Waals surface area contributed by atoms with Gasteiger partial charge in [-0.3, -0.25) is 0 Å². The number of hydrogen-bond acceptors (Lipinski definition) is 5. The normalized spacial score (nSPS) is 13.2. The fourth-order valence-electron chi connectivity index (χ4n) is 2.39. The fourth-order valence-corrected chi connectivity index (χ4v) is 4.87. The summed E-state index contributed by atoms with van der Waals surface area (Å²) in [6, 6.07) is 7.46. The van der Waals surface area contributed by atoms with Gasteiger partial charge in [-0.2, -0.15) is 0 Å². The molecule has 1 aromatic heterocycles. The number of nitrogens with zero attached hydrogens (tertiary/aromatic N) is 1. The summed E-state index contributed by atoms with van der Waals surface area (Å²) in [5.74, 6) is -0.492. The average molecular weight is 419 g/mol. The van der Waals surface area contributed by atoms with Gasteiger partial charge in [0, 0.05) is 16.3 Å². The van der Waals surface area contributed by atoms with Crippen molar-refractivity contribution in [2.24, 2.45) is 0 Å². The van der Waals surface area contributed by atoms with Crippen molar-refractivity contribution in [3.63, 3.8) is 0 Å². The summed E-state index contributed by atoms with van der Waals surface area (Å²) in [6.07, 6.45) is 1.07. The monoisotopic (exact) mass is 418 g/mol. The molecule has 1 atom stereocenters. The quantitative estimate of drug-likeness (QED) is 0.622. The fraction of sp³-hybridized carbons (Fsp3) is 0.188. The molecule has 0 saturated heterocycles. The molecule has 132 valence electrons. The zero-order chi connectivity index (χ0) is 18.4. The number of sulfone groups is 1. The van der Waals surface area contributed by atoms with Gasteiger partial charge < -0.3 is 5.32 Å². The maximum Gasteiger partial charge on any atom is 0.210 e. The molecule has 0 fully saturated rings. The number of anilines is 1. The van der Waals surface area contributed by atoms with E-state index in [-0.39, 0.29) is 16.1 Å². The molecule has 0 amide bonds. The Morgan fingerprint density at radius 2 is 1.96 bits per heavy atom. The van der Waals surface area contributed by atoms with Crippen LogP contribution in [0.15, 0.2) is 34.7 Å². The molecule has 1 heterocycles. The molecule has 3 aromatic rings. The van der Waals surface area contributed by atoms with Crippen LogP contribution in [0.3, 0.4) is 0 Å². The van der Waals surface area contributed by atoms with Gasteiger partial charge >= 0.3 is 0 Å². The van der Waals surface area contributed by atoms with Gasteiger partial charge in [-0.15, -0.1) is 11.3 Å². The van der Waals surface area contributed by atoms with Crippen LogP contribution in [0.2, 0.25) is 10.0 Å². The van der Waals surface area contributed by atoms with Crippen LogP contribution in [0.1, 0.15) is 18.5 Å². The van der Waals surface area contributed by atoms with Gasteiger partial charge in [0.25, 0.3) is 0 Å². The van der Waals surface area contributed by atoms with Crippen molar-refractivity contribution in [1.82, 2.24) is 4.98 Å². The lowest BCUT2D eigenvalue weighted by Gasteiger charge is -2.18. The summed E-state index contributed by atoms with van der Waals surface area (Å²) >= 11 is 13.0. The van der Waals surface area contributed by atoms with Crippen LogP contribution in [0.5, 0.6) is 0 Å². The van der Waals surface area contributed by atoms with Gasteiger partial charge in [0.05, 0.1) is 21.9 Å². The van der Waals surface area contributed by atoms with E-state index in [2.05, 4.69) is 10.3 Å². The maximum absolute atomic E-state index is 14.4. The first-order chi connectivity index (χ1) is 11.7. The Balaban J connectivity index is 2.05. The number of thiazole rings is 1. The van der Waals surface area contributed by atoms with E-state index in [9.17, 15) is 12.8 Å². The second kappa shape index (κ2) is 6.72. The lowest BCUT2D eigenvalue weighted by Crippen LogP contribution is -2.08. The highest BCUT2D eigenvalue weighted by Gasteiger charge is 2.20. The van der Waals surface area contributed by atoms with Gasteiger partial charge in [0.2, 0.25) is 14.2 Å². The van der Waals surface area contributed by atoms with Crippen LogP contribution in [-0.4, -0.2) is 19.7 Å². The van der Waals surface area contributed by atoms with E-state index in [1.54, 1.807) is 18.2 Å². The number of hydrogen-bond donors (Lipinski definition) is 1.